The summed E-state index contributed by atoms with van der Waals surface area (Å²) in [7, 11) is 0. The molecule has 1 atom stereocenters. The maximum absolute atomic E-state index is 13.5. The van der Waals surface area contributed by atoms with Gasteiger partial charge in [0, 0.05) is 5.02 Å². The van der Waals surface area contributed by atoms with Gasteiger partial charge in [-0.2, -0.15) is 0 Å². The molecule has 1 unspecified atom stereocenters. The number of nitrogens with two attached hydrogens (primary N) is 1. The summed E-state index contributed by atoms with van der Waals surface area (Å²) in [5, 5.41) is 0.278. The van der Waals surface area contributed by atoms with E-state index in [9.17, 15) is 8.78 Å². The first-order valence-electron chi connectivity index (χ1n) is 5.87. The Bertz CT molecular complexity index is 622. The van der Waals surface area contributed by atoms with E-state index in [-0.39, 0.29) is 16.9 Å². The van der Waals surface area contributed by atoms with E-state index in [0.717, 1.165) is 5.56 Å². The lowest BCUT2D eigenvalue weighted by atomic mass is 9.99. The molecule has 20 heavy (non-hydrogen) atoms. The van der Waals surface area contributed by atoms with E-state index in [4.69, 9.17) is 17.4 Å². The fraction of sp³-hybridized carbons (Fsp3) is 0.143. The average molecular weight is 362 g/mol. The molecule has 0 heterocycles. The molecule has 3 N–H and O–H groups in total. The van der Waals surface area contributed by atoms with Gasteiger partial charge in [0.2, 0.25) is 0 Å². The SMILES string of the molecule is NNC(Cc1cccc(F)c1Br)c1ccc(F)cc1Cl. The monoisotopic (exact) mass is 360 g/mol. The third-order valence-electron chi connectivity index (χ3n) is 2.99. The highest BCUT2D eigenvalue weighted by molar-refractivity contribution is 9.10. The zero-order chi connectivity index (χ0) is 14.7. The van der Waals surface area contributed by atoms with Crippen molar-refractivity contribution in [2.45, 2.75) is 12.5 Å². The first-order valence-corrected chi connectivity index (χ1v) is 7.04. The summed E-state index contributed by atoms with van der Waals surface area (Å²) in [6.07, 6.45) is 0.417. The molecule has 2 aromatic rings. The third kappa shape index (κ3) is 3.35. The van der Waals surface area contributed by atoms with Crippen molar-refractivity contribution in [3.63, 3.8) is 0 Å². The molecule has 0 saturated heterocycles. The molecule has 6 heteroatoms. The van der Waals surface area contributed by atoms with Crippen molar-refractivity contribution in [3.8, 4) is 0 Å². The maximum Gasteiger partial charge on any atom is 0.137 e. The van der Waals surface area contributed by atoms with Crippen LogP contribution in [0, 0.1) is 11.6 Å². The van der Waals surface area contributed by atoms with E-state index < -0.39 is 5.82 Å². The van der Waals surface area contributed by atoms with Crippen molar-refractivity contribution < 1.29 is 8.78 Å². The summed E-state index contributed by atoms with van der Waals surface area (Å²) in [6.45, 7) is 0. The first-order chi connectivity index (χ1) is 9.52. The minimum absolute atomic E-state index is 0.278. The van der Waals surface area contributed by atoms with Gasteiger partial charge in [0.25, 0.3) is 0 Å². The summed E-state index contributed by atoms with van der Waals surface area (Å²) in [5.41, 5.74) is 4.03. The van der Waals surface area contributed by atoms with Crippen LogP contribution < -0.4 is 11.3 Å². The quantitative estimate of drug-likeness (QED) is 0.635. The molecule has 0 aliphatic rings. The van der Waals surface area contributed by atoms with Gasteiger partial charge in [-0.3, -0.25) is 11.3 Å². The Hall–Kier alpha value is -1.01. The van der Waals surface area contributed by atoms with Crippen LogP contribution in [-0.4, -0.2) is 0 Å². The van der Waals surface area contributed by atoms with Crippen molar-refractivity contribution in [2.24, 2.45) is 5.84 Å². The molecule has 0 amide bonds. The van der Waals surface area contributed by atoms with E-state index in [1.807, 2.05) is 0 Å². The van der Waals surface area contributed by atoms with Gasteiger partial charge in [0.15, 0.2) is 0 Å². The Morgan fingerprint density at radius 2 is 2.00 bits per heavy atom. The standard InChI is InChI=1S/C14H12BrClF2N2/c15-14-8(2-1-3-12(14)18)6-13(20-19)10-5-4-9(17)7-11(10)16/h1-5,7,13,20H,6,19H2. The van der Waals surface area contributed by atoms with Crippen LogP contribution in [0.15, 0.2) is 40.9 Å². The van der Waals surface area contributed by atoms with Gasteiger partial charge in [0.05, 0.1) is 10.5 Å². The van der Waals surface area contributed by atoms with Crippen LogP contribution in [0.3, 0.4) is 0 Å². The Labute approximate surface area is 129 Å². The number of hydrogen-bond acceptors (Lipinski definition) is 2. The van der Waals surface area contributed by atoms with Crippen molar-refractivity contribution in [1.82, 2.24) is 5.43 Å². The predicted molar refractivity (Wildman–Crippen MR) is 79.3 cm³/mol. The van der Waals surface area contributed by atoms with E-state index >= 15 is 0 Å². The van der Waals surface area contributed by atoms with Crippen LogP contribution in [0.4, 0.5) is 8.78 Å². The highest BCUT2D eigenvalue weighted by Gasteiger charge is 2.17. The number of benzene rings is 2. The Balaban J connectivity index is 2.31. The molecule has 0 aromatic heterocycles. The predicted octanol–water partition coefficient (Wildman–Crippen LogP) is 4.13. The minimum atomic E-state index is -0.415. The number of hydrazine groups is 1. The van der Waals surface area contributed by atoms with Gasteiger partial charge in [-0.15, -0.1) is 0 Å². The second kappa shape index (κ2) is 6.63. The Kier molecular flexibility index (Phi) is 5.10. The molecule has 0 bridgehead atoms. The highest BCUT2D eigenvalue weighted by Crippen LogP contribution is 2.29. The van der Waals surface area contributed by atoms with Gasteiger partial charge < -0.3 is 0 Å². The molecular formula is C14H12BrClF2N2. The average Bonchev–Trinajstić information content (AvgIpc) is 2.41. The first kappa shape index (κ1) is 15.4. The lowest BCUT2D eigenvalue weighted by Crippen LogP contribution is -2.30. The van der Waals surface area contributed by atoms with Crippen molar-refractivity contribution in [3.05, 3.63) is 68.7 Å². The van der Waals surface area contributed by atoms with E-state index in [1.165, 1.54) is 18.2 Å². The van der Waals surface area contributed by atoms with Gasteiger partial charge in [0.1, 0.15) is 11.6 Å². The van der Waals surface area contributed by atoms with Gasteiger partial charge >= 0.3 is 0 Å². The number of halogens is 4. The van der Waals surface area contributed by atoms with Gasteiger partial charge in [-0.05, 0) is 51.7 Å². The molecule has 0 radical (unpaired) electrons. The van der Waals surface area contributed by atoms with E-state index in [2.05, 4.69) is 21.4 Å². The van der Waals surface area contributed by atoms with Crippen LogP contribution in [0.5, 0.6) is 0 Å². The van der Waals surface area contributed by atoms with Crippen LogP contribution in [-0.2, 0) is 6.42 Å². The molecular weight excluding hydrogens is 350 g/mol. The lowest BCUT2D eigenvalue weighted by molar-refractivity contribution is 0.544. The van der Waals surface area contributed by atoms with Crippen molar-refractivity contribution in [2.75, 3.05) is 0 Å². The molecule has 0 fully saturated rings. The maximum atomic E-state index is 13.5. The number of rotatable bonds is 4. The Morgan fingerprint density at radius 1 is 1.25 bits per heavy atom. The topological polar surface area (TPSA) is 38.0 Å². The molecule has 0 spiro atoms. The van der Waals surface area contributed by atoms with Gasteiger partial charge in [-0.25, -0.2) is 8.78 Å². The molecule has 2 rings (SSSR count). The van der Waals surface area contributed by atoms with Crippen LogP contribution in [0.1, 0.15) is 17.2 Å². The molecule has 106 valence electrons. The largest absolute Gasteiger partial charge is 0.271 e. The minimum Gasteiger partial charge on any atom is -0.271 e. The molecule has 0 aliphatic heterocycles. The van der Waals surface area contributed by atoms with Crippen molar-refractivity contribution >= 4 is 27.5 Å². The summed E-state index contributed by atoms with van der Waals surface area (Å²) >= 11 is 9.22. The normalized spacial score (nSPS) is 12.4. The summed E-state index contributed by atoms with van der Waals surface area (Å²) < 4.78 is 26.9. The lowest BCUT2D eigenvalue weighted by Gasteiger charge is -2.18. The zero-order valence-electron chi connectivity index (χ0n) is 10.3. The second-order valence-corrected chi connectivity index (χ2v) is 5.50. The second-order valence-electron chi connectivity index (χ2n) is 4.30. The number of hydrogen-bond donors (Lipinski definition) is 2. The smallest absolute Gasteiger partial charge is 0.137 e. The molecule has 2 aromatic carbocycles. The molecule has 2 nitrogen and oxygen atoms in total. The van der Waals surface area contributed by atoms with E-state index in [0.29, 0.717) is 16.5 Å². The number of nitrogens with one attached hydrogen (secondary N) is 1. The molecule has 0 aliphatic carbocycles. The van der Waals surface area contributed by atoms with Crippen LogP contribution >= 0.6 is 27.5 Å². The van der Waals surface area contributed by atoms with Crippen LogP contribution in [0.2, 0.25) is 5.02 Å². The fourth-order valence-corrected chi connectivity index (χ4v) is 2.69. The zero-order valence-corrected chi connectivity index (χ0v) is 12.7. The molecule has 0 saturated carbocycles. The Morgan fingerprint density at radius 3 is 2.65 bits per heavy atom. The van der Waals surface area contributed by atoms with E-state index in [1.54, 1.807) is 18.2 Å². The van der Waals surface area contributed by atoms with Gasteiger partial charge in [-0.1, -0.05) is 29.8 Å². The summed E-state index contributed by atoms with van der Waals surface area (Å²) in [5.74, 6) is 4.78. The summed E-state index contributed by atoms with van der Waals surface area (Å²) in [6, 6.07) is 8.53. The fourth-order valence-electron chi connectivity index (χ4n) is 1.97. The summed E-state index contributed by atoms with van der Waals surface area (Å²) in [4.78, 5) is 0. The highest BCUT2D eigenvalue weighted by atomic mass is 79.9. The third-order valence-corrected chi connectivity index (χ3v) is 4.21. The van der Waals surface area contributed by atoms with Crippen LogP contribution in [0.25, 0.3) is 0 Å². The van der Waals surface area contributed by atoms with Crippen molar-refractivity contribution in [1.29, 1.82) is 0 Å².